The maximum absolute atomic E-state index is 10.6. The summed E-state index contributed by atoms with van der Waals surface area (Å²) in [6, 6.07) is 0.628. The van der Waals surface area contributed by atoms with Crippen LogP contribution in [0, 0.1) is 0 Å². The van der Waals surface area contributed by atoms with Crippen LogP contribution in [0.2, 0.25) is 0 Å². The van der Waals surface area contributed by atoms with E-state index in [1.807, 2.05) is 0 Å². The van der Waals surface area contributed by atoms with Crippen LogP contribution in [-0.4, -0.2) is 50.1 Å². The first-order valence-electron chi connectivity index (χ1n) is 5.85. The van der Waals surface area contributed by atoms with Crippen LogP contribution in [0.25, 0.3) is 0 Å². The number of rotatable bonds is 4. The largest absolute Gasteiger partial charge is 0.355 e. The van der Waals surface area contributed by atoms with Crippen LogP contribution < -0.4 is 10.6 Å². The minimum Gasteiger partial charge on any atom is -0.355 e. The van der Waals surface area contributed by atoms with Gasteiger partial charge >= 0.3 is 0 Å². The second-order valence-electron chi connectivity index (χ2n) is 4.37. The summed E-state index contributed by atoms with van der Waals surface area (Å²) in [5, 5.41) is 6.29. The maximum atomic E-state index is 10.6. The lowest BCUT2D eigenvalue weighted by Gasteiger charge is -2.16. The number of nitrogens with zero attached hydrogens (tertiary/aromatic N) is 1. The van der Waals surface area contributed by atoms with Crippen molar-refractivity contribution < 1.29 is 4.79 Å². The number of hydrogen-bond donors (Lipinski definition) is 2. The molecule has 0 bridgehead atoms. The summed E-state index contributed by atoms with van der Waals surface area (Å²) in [7, 11) is 2.18. The lowest BCUT2D eigenvalue weighted by Crippen LogP contribution is -2.36. The molecule has 1 rings (SSSR count). The van der Waals surface area contributed by atoms with Gasteiger partial charge < -0.3 is 15.5 Å². The Kier molecular flexibility index (Phi) is 5.65. The molecular weight excluding hydrogens is 190 g/mol. The molecule has 1 fully saturated rings. The van der Waals surface area contributed by atoms with Crippen LogP contribution >= 0.6 is 0 Å². The molecule has 1 aliphatic rings. The fourth-order valence-corrected chi connectivity index (χ4v) is 1.96. The Morgan fingerprint density at radius 1 is 1.33 bits per heavy atom. The Morgan fingerprint density at radius 3 is 2.87 bits per heavy atom. The van der Waals surface area contributed by atoms with Crippen LogP contribution in [0.1, 0.15) is 26.2 Å². The molecule has 15 heavy (non-hydrogen) atoms. The number of hydrogen-bond acceptors (Lipinski definition) is 3. The molecule has 1 amide bonds. The number of amides is 1. The van der Waals surface area contributed by atoms with Gasteiger partial charge in [-0.2, -0.15) is 0 Å². The Bertz CT molecular complexity index is 196. The second-order valence-corrected chi connectivity index (χ2v) is 4.37. The highest BCUT2D eigenvalue weighted by Gasteiger charge is 2.13. The molecular formula is C11H23N3O. The molecule has 1 aliphatic heterocycles. The van der Waals surface area contributed by atoms with Crippen LogP contribution in [0.3, 0.4) is 0 Å². The molecule has 0 spiro atoms. The highest BCUT2D eigenvalue weighted by Crippen LogP contribution is 2.08. The van der Waals surface area contributed by atoms with Crippen molar-refractivity contribution in [3.8, 4) is 0 Å². The number of likely N-dealkylation sites (tertiary alicyclic amines) is 1. The number of carbonyl (C=O) groups excluding carboxylic acids is 1. The SMILES string of the molecule is CC(=O)NCCNC1CCCN(C)CC1. The Balaban J connectivity index is 2.07. The standard InChI is InChI=1S/C11H23N3O/c1-10(15)12-6-7-13-11-4-3-8-14(2)9-5-11/h11,13H,3-9H2,1-2H3,(H,12,15). The molecule has 0 aromatic rings. The monoisotopic (exact) mass is 213 g/mol. The van der Waals surface area contributed by atoms with E-state index in [0.29, 0.717) is 6.04 Å². The fraction of sp³-hybridized carbons (Fsp3) is 0.909. The van der Waals surface area contributed by atoms with Crippen LogP contribution in [0.15, 0.2) is 0 Å². The molecule has 1 unspecified atom stereocenters. The van der Waals surface area contributed by atoms with E-state index >= 15 is 0 Å². The summed E-state index contributed by atoms with van der Waals surface area (Å²) < 4.78 is 0. The van der Waals surface area contributed by atoms with Crippen LogP contribution in [-0.2, 0) is 4.79 Å². The van der Waals surface area contributed by atoms with E-state index in [0.717, 1.165) is 13.1 Å². The number of carbonyl (C=O) groups is 1. The smallest absolute Gasteiger partial charge is 0.216 e. The zero-order valence-electron chi connectivity index (χ0n) is 9.88. The molecule has 0 aliphatic carbocycles. The van der Waals surface area contributed by atoms with Crippen molar-refractivity contribution in [1.82, 2.24) is 15.5 Å². The van der Waals surface area contributed by atoms with Crippen LogP contribution in [0.5, 0.6) is 0 Å². The van der Waals surface area contributed by atoms with E-state index in [9.17, 15) is 4.79 Å². The van der Waals surface area contributed by atoms with Crippen molar-refractivity contribution >= 4 is 5.91 Å². The van der Waals surface area contributed by atoms with Gasteiger partial charge in [0, 0.05) is 26.1 Å². The van der Waals surface area contributed by atoms with Crippen molar-refractivity contribution in [2.75, 3.05) is 33.2 Å². The predicted molar refractivity (Wildman–Crippen MR) is 61.8 cm³/mol. The van der Waals surface area contributed by atoms with Crippen molar-refractivity contribution in [2.24, 2.45) is 0 Å². The summed E-state index contributed by atoms with van der Waals surface area (Å²) in [6.45, 7) is 5.57. The normalized spacial score (nSPS) is 23.5. The van der Waals surface area contributed by atoms with Gasteiger partial charge in [-0.15, -0.1) is 0 Å². The van der Waals surface area contributed by atoms with Crippen molar-refractivity contribution in [2.45, 2.75) is 32.2 Å². The lowest BCUT2D eigenvalue weighted by atomic mass is 10.1. The lowest BCUT2D eigenvalue weighted by molar-refractivity contribution is -0.118. The average molecular weight is 213 g/mol. The predicted octanol–water partition coefficient (Wildman–Crippen LogP) is 0.196. The van der Waals surface area contributed by atoms with Gasteiger partial charge in [0.1, 0.15) is 0 Å². The van der Waals surface area contributed by atoms with Gasteiger partial charge in [0.2, 0.25) is 5.91 Å². The van der Waals surface area contributed by atoms with Gasteiger partial charge in [-0.05, 0) is 39.4 Å². The van der Waals surface area contributed by atoms with E-state index in [4.69, 9.17) is 0 Å². The molecule has 0 saturated carbocycles. The van der Waals surface area contributed by atoms with E-state index in [1.54, 1.807) is 6.92 Å². The minimum atomic E-state index is 0.0531. The third-order valence-corrected chi connectivity index (χ3v) is 2.88. The second kappa shape index (κ2) is 6.80. The first kappa shape index (κ1) is 12.5. The van der Waals surface area contributed by atoms with Crippen molar-refractivity contribution in [3.63, 3.8) is 0 Å². The van der Waals surface area contributed by atoms with E-state index in [1.165, 1.54) is 32.4 Å². The maximum Gasteiger partial charge on any atom is 0.216 e. The van der Waals surface area contributed by atoms with Gasteiger partial charge in [0.25, 0.3) is 0 Å². The molecule has 2 N–H and O–H groups in total. The Morgan fingerprint density at radius 2 is 2.13 bits per heavy atom. The third kappa shape index (κ3) is 5.74. The van der Waals surface area contributed by atoms with E-state index < -0.39 is 0 Å². The molecule has 0 aromatic heterocycles. The Labute approximate surface area is 92.4 Å². The summed E-state index contributed by atoms with van der Waals surface area (Å²) in [4.78, 5) is 13.0. The molecule has 4 heteroatoms. The zero-order chi connectivity index (χ0) is 11.1. The first-order chi connectivity index (χ1) is 7.18. The van der Waals surface area contributed by atoms with Crippen molar-refractivity contribution in [3.05, 3.63) is 0 Å². The summed E-state index contributed by atoms with van der Waals surface area (Å²) >= 11 is 0. The third-order valence-electron chi connectivity index (χ3n) is 2.88. The van der Waals surface area contributed by atoms with Crippen LogP contribution in [0.4, 0.5) is 0 Å². The Hall–Kier alpha value is -0.610. The molecule has 88 valence electrons. The zero-order valence-corrected chi connectivity index (χ0v) is 9.88. The minimum absolute atomic E-state index is 0.0531. The summed E-state index contributed by atoms with van der Waals surface area (Å²) in [6.07, 6.45) is 3.75. The van der Waals surface area contributed by atoms with E-state index in [2.05, 4.69) is 22.6 Å². The molecule has 4 nitrogen and oxygen atoms in total. The first-order valence-corrected chi connectivity index (χ1v) is 5.85. The number of nitrogens with one attached hydrogen (secondary N) is 2. The van der Waals surface area contributed by atoms with Gasteiger partial charge in [0.05, 0.1) is 0 Å². The topological polar surface area (TPSA) is 44.4 Å². The highest BCUT2D eigenvalue weighted by molar-refractivity contribution is 5.72. The van der Waals surface area contributed by atoms with E-state index in [-0.39, 0.29) is 5.91 Å². The van der Waals surface area contributed by atoms with Crippen molar-refractivity contribution in [1.29, 1.82) is 0 Å². The molecule has 0 radical (unpaired) electrons. The average Bonchev–Trinajstić information content (AvgIpc) is 2.38. The van der Waals surface area contributed by atoms with Gasteiger partial charge in [-0.25, -0.2) is 0 Å². The molecule has 1 atom stereocenters. The molecule has 0 aromatic carbocycles. The summed E-state index contributed by atoms with van der Waals surface area (Å²) in [5.41, 5.74) is 0. The summed E-state index contributed by atoms with van der Waals surface area (Å²) in [5.74, 6) is 0.0531. The molecule has 1 heterocycles. The highest BCUT2D eigenvalue weighted by atomic mass is 16.1. The van der Waals surface area contributed by atoms with Gasteiger partial charge in [-0.1, -0.05) is 0 Å². The quantitative estimate of drug-likeness (QED) is 0.656. The van der Waals surface area contributed by atoms with Gasteiger partial charge in [-0.3, -0.25) is 4.79 Å². The molecule has 1 saturated heterocycles. The fourth-order valence-electron chi connectivity index (χ4n) is 1.96. The van der Waals surface area contributed by atoms with Gasteiger partial charge in [0.15, 0.2) is 0 Å².